The van der Waals surface area contributed by atoms with Crippen LogP contribution in [0, 0.1) is 0 Å². The third-order valence-corrected chi connectivity index (χ3v) is 1.07. The molecule has 0 saturated heterocycles. The van der Waals surface area contributed by atoms with Crippen LogP contribution in [0.15, 0.2) is 12.2 Å². The van der Waals surface area contributed by atoms with Gasteiger partial charge in [0.25, 0.3) is 0 Å². The molecule has 74 valence electrons. The predicted octanol–water partition coefficient (Wildman–Crippen LogP) is 1.41. The molecule has 0 amide bonds. The Hall–Kier alpha value is -1.23. The number of rotatable bonds is 4. The highest BCUT2D eigenvalue weighted by Crippen LogP contribution is 1.93. The molecule has 0 aliphatic carbocycles. The average molecular weight is 209 g/mol. The average Bonchev–Trinajstić information content (AvgIpc) is 2.11. The molecule has 0 aliphatic rings. The third-order valence-electron chi connectivity index (χ3n) is 0.948. The Morgan fingerprint density at radius 3 is 2.31 bits per heavy atom. The fourth-order valence-electron chi connectivity index (χ4n) is 0.405. The highest BCUT2D eigenvalue weighted by atomic mass is 35.5. The molecule has 0 aliphatic heterocycles. The molecule has 0 unspecified atom stereocenters. The number of hydrogen-bond donors (Lipinski definition) is 0. The largest absolute Gasteiger partial charge is 0.527 e. The SMILES string of the molecule is C=C(C)C(=O)OCCOC(=O)OCl. The van der Waals surface area contributed by atoms with E-state index < -0.39 is 12.1 Å². The van der Waals surface area contributed by atoms with Crippen LogP contribution in [0.3, 0.4) is 0 Å². The lowest BCUT2D eigenvalue weighted by molar-refractivity contribution is -0.140. The van der Waals surface area contributed by atoms with Crippen molar-refractivity contribution in [3.05, 3.63) is 12.2 Å². The monoisotopic (exact) mass is 208 g/mol. The summed E-state index contributed by atoms with van der Waals surface area (Å²) >= 11 is 4.65. The summed E-state index contributed by atoms with van der Waals surface area (Å²) in [5.41, 5.74) is 0.278. The topological polar surface area (TPSA) is 61.8 Å². The molecule has 0 radical (unpaired) electrons. The molecular weight excluding hydrogens is 200 g/mol. The van der Waals surface area contributed by atoms with Gasteiger partial charge in [0.1, 0.15) is 25.1 Å². The molecule has 0 aromatic heterocycles. The van der Waals surface area contributed by atoms with Gasteiger partial charge in [-0.15, -0.1) is 0 Å². The molecule has 0 heterocycles. The van der Waals surface area contributed by atoms with Crippen LogP contribution >= 0.6 is 11.9 Å². The molecule has 0 saturated carbocycles. The Labute approximate surface area is 80.4 Å². The van der Waals surface area contributed by atoms with E-state index in [1.54, 1.807) is 0 Å². The van der Waals surface area contributed by atoms with Crippen LogP contribution in [0.2, 0.25) is 0 Å². The molecule has 0 spiro atoms. The first-order valence-electron chi connectivity index (χ1n) is 3.36. The van der Waals surface area contributed by atoms with E-state index in [9.17, 15) is 9.59 Å². The summed E-state index contributed by atoms with van der Waals surface area (Å²) in [6.45, 7) is 4.70. The predicted molar refractivity (Wildman–Crippen MR) is 44.1 cm³/mol. The van der Waals surface area contributed by atoms with Crippen LogP contribution in [0.4, 0.5) is 4.79 Å². The van der Waals surface area contributed by atoms with Gasteiger partial charge < -0.3 is 13.8 Å². The van der Waals surface area contributed by atoms with E-state index in [1.807, 2.05) is 0 Å². The number of carbonyl (C=O) groups excluding carboxylic acids is 2. The van der Waals surface area contributed by atoms with Gasteiger partial charge in [-0.25, -0.2) is 9.59 Å². The van der Waals surface area contributed by atoms with E-state index in [4.69, 9.17) is 0 Å². The maximum Gasteiger partial charge on any atom is 0.527 e. The molecule has 0 fully saturated rings. The van der Waals surface area contributed by atoms with Crippen LogP contribution < -0.4 is 0 Å². The molecule has 0 aromatic rings. The van der Waals surface area contributed by atoms with Crippen molar-refractivity contribution in [1.82, 2.24) is 0 Å². The first-order valence-corrected chi connectivity index (χ1v) is 3.66. The number of hydrogen-bond acceptors (Lipinski definition) is 5. The van der Waals surface area contributed by atoms with Crippen molar-refractivity contribution < 1.29 is 23.4 Å². The second-order valence-electron chi connectivity index (χ2n) is 2.09. The van der Waals surface area contributed by atoms with Crippen LogP contribution in [-0.2, 0) is 18.6 Å². The quantitative estimate of drug-likeness (QED) is 0.397. The summed E-state index contributed by atoms with van der Waals surface area (Å²) in [5.74, 6) is -0.539. The third kappa shape index (κ3) is 5.98. The Morgan fingerprint density at radius 1 is 1.31 bits per heavy atom. The molecule has 13 heavy (non-hydrogen) atoms. The van der Waals surface area contributed by atoms with E-state index >= 15 is 0 Å². The van der Waals surface area contributed by atoms with Crippen molar-refractivity contribution in [3.63, 3.8) is 0 Å². The number of halogens is 1. The maximum absolute atomic E-state index is 10.7. The smallest absolute Gasteiger partial charge is 0.459 e. The van der Waals surface area contributed by atoms with E-state index in [-0.39, 0.29) is 18.8 Å². The first kappa shape index (κ1) is 11.8. The Kier molecular flexibility index (Phi) is 5.71. The first-order chi connectivity index (χ1) is 6.07. The van der Waals surface area contributed by atoms with Gasteiger partial charge in [-0.3, -0.25) is 0 Å². The summed E-state index contributed by atoms with van der Waals surface area (Å²) in [6, 6.07) is 0. The summed E-state index contributed by atoms with van der Waals surface area (Å²) in [5, 5.41) is 0. The fraction of sp³-hybridized carbons (Fsp3) is 0.429. The van der Waals surface area contributed by atoms with Crippen molar-refractivity contribution in [2.45, 2.75) is 6.92 Å². The normalized spacial score (nSPS) is 8.77. The van der Waals surface area contributed by atoms with Crippen LogP contribution in [0.1, 0.15) is 6.92 Å². The molecule has 5 nitrogen and oxygen atoms in total. The maximum atomic E-state index is 10.7. The molecule has 6 heteroatoms. The minimum atomic E-state index is -1.03. The zero-order valence-corrected chi connectivity index (χ0v) is 7.80. The molecule has 0 N–H and O–H groups in total. The lowest BCUT2D eigenvalue weighted by Crippen LogP contribution is -2.13. The number of ether oxygens (including phenoxy) is 2. The zero-order chi connectivity index (χ0) is 10.3. The highest BCUT2D eigenvalue weighted by Gasteiger charge is 2.04. The van der Waals surface area contributed by atoms with E-state index in [0.29, 0.717) is 0 Å². The van der Waals surface area contributed by atoms with Gasteiger partial charge in [0.15, 0.2) is 0 Å². The Bertz CT molecular complexity index is 213. The fourth-order valence-corrected chi connectivity index (χ4v) is 0.449. The summed E-state index contributed by atoms with van der Waals surface area (Å²) in [6.07, 6.45) is -1.03. The van der Waals surface area contributed by atoms with Crippen LogP contribution in [0.5, 0.6) is 0 Å². The van der Waals surface area contributed by atoms with Crippen molar-refractivity contribution in [2.75, 3.05) is 13.2 Å². The summed E-state index contributed by atoms with van der Waals surface area (Å²) in [7, 11) is 0. The van der Waals surface area contributed by atoms with Crippen LogP contribution in [0.25, 0.3) is 0 Å². The van der Waals surface area contributed by atoms with Gasteiger partial charge in [-0.05, 0) is 6.92 Å². The van der Waals surface area contributed by atoms with E-state index in [1.165, 1.54) is 6.92 Å². The second kappa shape index (κ2) is 6.30. The van der Waals surface area contributed by atoms with Gasteiger partial charge in [0.2, 0.25) is 0 Å². The highest BCUT2D eigenvalue weighted by molar-refractivity contribution is 6.12. The Morgan fingerprint density at radius 2 is 1.85 bits per heavy atom. The number of carbonyl (C=O) groups is 2. The van der Waals surface area contributed by atoms with Crippen molar-refractivity contribution in [2.24, 2.45) is 0 Å². The molecule has 0 atom stereocenters. The summed E-state index contributed by atoms with van der Waals surface area (Å²) in [4.78, 5) is 21.0. The van der Waals surface area contributed by atoms with Crippen molar-refractivity contribution in [3.8, 4) is 0 Å². The van der Waals surface area contributed by atoms with E-state index in [0.717, 1.165) is 0 Å². The van der Waals surface area contributed by atoms with Crippen LogP contribution in [-0.4, -0.2) is 25.3 Å². The summed E-state index contributed by atoms with van der Waals surface area (Å²) < 4.78 is 12.6. The molecule has 0 bridgehead atoms. The minimum absolute atomic E-state index is 0.0579. The molecular formula is C7H9ClO5. The number of esters is 1. The van der Waals surface area contributed by atoms with Crippen molar-refractivity contribution >= 4 is 24.0 Å². The van der Waals surface area contributed by atoms with Crippen molar-refractivity contribution in [1.29, 1.82) is 0 Å². The lowest BCUT2D eigenvalue weighted by atomic mass is 10.4. The second-order valence-corrected chi connectivity index (χ2v) is 2.25. The van der Waals surface area contributed by atoms with Gasteiger partial charge in [0.05, 0.1) is 0 Å². The molecule has 0 aromatic carbocycles. The molecule has 0 rings (SSSR count). The lowest BCUT2D eigenvalue weighted by Gasteiger charge is -2.03. The standard InChI is InChI=1S/C7H9ClO5/c1-5(2)6(9)11-3-4-12-7(10)13-8/h1,3-4H2,2H3. The minimum Gasteiger partial charge on any atom is -0.459 e. The van der Waals surface area contributed by atoms with Gasteiger partial charge in [-0.1, -0.05) is 6.58 Å². The van der Waals surface area contributed by atoms with Gasteiger partial charge >= 0.3 is 12.1 Å². The Balaban J connectivity index is 3.41. The van der Waals surface area contributed by atoms with Gasteiger partial charge in [0, 0.05) is 5.57 Å². The zero-order valence-electron chi connectivity index (χ0n) is 7.04. The van der Waals surface area contributed by atoms with Gasteiger partial charge in [-0.2, -0.15) is 0 Å². The van der Waals surface area contributed by atoms with E-state index in [2.05, 4.69) is 32.2 Å².